The van der Waals surface area contributed by atoms with E-state index < -0.39 is 5.82 Å². The Labute approximate surface area is 133 Å². The van der Waals surface area contributed by atoms with Crippen LogP contribution >= 0.6 is 15.9 Å². The van der Waals surface area contributed by atoms with Crippen molar-refractivity contribution >= 4 is 21.8 Å². The highest BCUT2D eigenvalue weighted by Gasteiger charge is 2.32. The molecule has 3 rings (SSSR count). The van der Waals surface area contributed by atoms with Gasteiger partial charge in [0.2, 0.25) is 0 Å². The van der Waals surface area contributed by atoms with E-state index in [1.54, 1.807) is 12.1 Å². The summed E-state index contributed by atoms with van der Waals surface area (Å²) in [6, 6.07) is 4.90. The normalized spacial score (nSPS) is 23.0. The minimum absolute atomic E-state index is 0.165. The molecule has 21 heavy (non-hydrogen) atoms. The molecule has 1 aromatic carbocycles. The van der Waals surface area contributed by atoms with Crippen LogP contribution in [-0.2, 0) is 0 Å². The van der Waals surface area contributed by atoms with Crippen molar-refractivity contribution in [2.24, 2.45) is 0 Å². The van der Waals surface area contributed by atoms with Crippen LogP contribution in [0.25, 0.3) is 0 Å². The lowest BCUT2D eigenvalue weighted by molar-refractivity contribution is 0.0704. The van der Waals surface area contributed by atoms with Gasteiger partial charge >= 0.3 is 0 Å². The number of likely N-dealkylation sites (tertiary alicyclic amines) is 2. The molecule has 1 amide bonds. The van der Waals surface area contributed by atoms with E-state index in [1.165, 1.54) is 18.9 Å². The molecule has 0 N–H and O–H groups in total. The summed E-state index contributed by atoms with van der Waals surface area (Å²) in [6.07, 6.45) is 4.55. The molecule has 0 spiro atoms. The number of benzene rings is 1. The van der Waals surface area contributed by atoms with Gasteiger partial charge in [0.05, 0.1) is 5.56 Å². The maximum atomic E-state index is 14.0. The van der Waals surface area contributed by atoms with Gasteiger partial charge in [0.1, 0.15) is 5.82 Å². The number of carbonyl (C=O) groups excluding carboxylic acids is 1. The summed E-state index contributed by atoms with van der Waals surface area (Å²) in [5, 5.41) is 0. The molecule has 2 fully saturated rings. The second kappa shape index (κ2) is 6.44. The molecule has 2 heterocycles. The zero-order valence-corrected chi connectivity index (χ0v) is 13.6. The van der Waals surface area contributed by atoms with E-state index in [0.717, 1.165) is 39.0 Å². The third-order valence-corrected chi connectivity index (χ3v) is 4.96. The summed E-state index contributed by atoms with van der Waals surface area (Å²) in [6.45, 7) is 3.94. The molecule has 0 saturated carbocycles. The highest BCUT2D eigenvalue weighted by Crippen LogP contribution is 2.24. The molecular formula is C16H20BrFN2O. The zero-order valence-electron chi connectivity index (χ0n) is 12.0. The standard InChI is InChI=1S/C16H20BrFN2O/c17-12-5-6-14(15(18)10-12)16(21)20-9-3-4-13(20)11-19-7-1-2-8-19/h5-6,10,13H,1-4,7-9,11H2/t13-/m0/s1. The molecule has 0 radical (unpaired) electrons. The van der Waals surface area contributed by atoms with Gasteiger partial charge < -0.3 is 9.80 Å². The summed E-state index contributed by atoms with van der Waals surface area (Å²) in [7, 11) is 0. The Kier molecular flexibility index (Phi) is 4.60. The van der Waals surface area contributed by atoms with Crippen LogP contribution in [0.3, 0.4) is 0 Å². The zero-order chi connectivity index (χ0) is 14.8. The first-order valence-corrected chi connectivity index (χ1v) is 8.43. The Morgan fingerprint density at radius 2 is 2.00 bits per heavy atom. The van der Waals surface area contributed by atoms with Crippen LogP contribution in [0.15, 0.2) is 22.7 Å². The van der Waals surface area contributed by atoms with Crippen molar-refractivity contribution in [2.45, 2.75) is 31.7 Å². The first kappa shape index (κ1) is 15.0. The number of amides is 1. The van der Waals surface area contributed by atoms with E-state index in [0.29, 0.717) is 4.47 Å². The van der Waals surface area contributed by atoms with Crippen LogP contribution < -0.4 is 0 Å². The van der Waals surface area contributed by atoms with E-state index >= 15 is 0 Å². The van der Waals surface area contributed by atoms with Gasteiger partial charge in [-0.15, -0.1) is 0 Å². The van der Waals surface area contributed by atoms with Gasteiger partial charge in [-0.1, -0.05) is 15.9 Å². The molecule has 0 bridgehead atoms. The van der Waals surface area contributed by atoms with Gasteiger partial charge in [0.15, 0.2) is 0 Å². The highest BCUT2D eigenvalue weighted by molar-refractivity contribution is 9.10. The van der Waals surface area contributed by atoms with Crippen LogP contribution in [0.1, 0.15) is 36.0 Å². The topological polar surface area (TPSA) is 23.6 Å². The van der Waals surface area contributed by atoms with Gasteiger partial charge in [0, 0.05) is 23.6 Å². The Balaban J connectivity index is 1.73. The van der Waals surface area contributed by atoms with Gasteiger partial charge in [0.25, 0.3) is 5.91 Å². The monoisotopic (exact) mass is 354 g/mol. The fraction of sp³-hybridized carbons (Fsp3) is 0.562. The average Bonchev–Trinajstić information content (AvgIpc) is 3.10. The van der Waals surface area contributed by atoms with Gasteiger partial charge in [-0.2, -0.15) is 0 Å². The lowest BCUT2D eigenvalue weighted by atomic mass is 10.1. The molecule has 3 nitrogen and oxygen atoms in total. The van der Waals surface area contributed by atoms with E-state index in [2.05, 4.69) is 20.8 Å². The Morgan fingerprint density at radius 1 is 1.24 bits per heavy atom. The molecule has 0 aliphatic carbocycles. The largest absolute Gasteiger partial charge is 0.334 e. The molecule has 2 aliphatic rings. The van der Waals surface area contributed by atoms with Crippen molar-refractivity contribution in [1.82, 2.24) is 9.80 Å². The average molecular weight is 355 g/mol. The molecular weight excluding hydrogens is 335 g/mol. The van der Waals surface area contributed by atoms with Crippen LogP contribution in [0, 0.1) is 5.82 Å². The summed E-state index contributed by atoms with van der Waals surface area (Å²) in [4.78, 5) is 16.9. The summed E-state index contributed by atoms with van der Waals surface area (Å²) >= 11 is 3.23. The predicted molar refractivity (Wildman–Crippen MR) is 83.8 cm³/mol. The second-order valence-electron chi connectivity index (χ2n) is 5.93. The number of hydrogen-bond donors (Lipinski definition) is 0. The number of nitrogens with zero attached hydrogens (tertiary/aromatic N) is 2. The molecule has 1 atom stereocenters. The molecule has 2 saturated heterocycles. The molecule has 1 aromatic rings. The molecule has 0 unspecified atom stereocenters. The highest BCUT2D eigenvalue weighted by atomic mass is 79.9. The third-order valence-electron chi connectivity index (χ3n) is 4.47. The Bertz CT molecular complexity index is 531. The van der Waals surface area contributed by atoms with Crippen molar-refractivity contribution in [1.29, 1.82) is 0 Å². The minimum atomic E-state index is -0.443. The minimum Gasteiger partial charge on any atom is -0.334 e. The van der Waals surface area contributed by atoms with Crippen LogP contribution in [-0.4, -0.2) is 47.9 Å². The maximum absolute atomic E-state index is 14.0. The third kappa shape index (κ3) is 3.29. The number of halogens is 2. The SMILES string of the molecule is O=C(c1ccc(Br)cc1F)N1CCC[C@H]1CN1CCCC1. The maximum Gasteiger partial charge on any atom is 0.257 e. The fourth-order valence-electron chi connectivity index (χ4n) is 3.37. The van der Waals surface area contributed by atoms with E-state index in [-0.39, 0.29) is 17.5 Å². The fourth-order valence-corrected chi connectivity index (χ4v) is 3.71. The quantitative estimate of drug-likeness (QED) is 0.831. The summed E-state index contributed by atoms with van der Waals surface area (Å²) in [5.74, 6) is -0.608. The van der Waals surface area contributed by atoms with E-state index in [9.17, 15) is 9.18 Å². The Hall–Kier alpha value is -0.940. The first-order chi connectivity index (χ1) is 10.1. The molecule has 0 aromatic heterocycles. The van der Waals surface area contributed by atoms with E-state index in [1.807, 2.05) is 4.90 Å². The first-order valence-electron chi connectivity index (χ1n) is 7.63. The Morgan fingerprint density at radius 3 is 2.71 bits per heavy atom. The van der Waals surface area contributed by atoms with Crippen molar-refractivity contribution in [2.75, 3.05) is 26.2 Å². The second-order valence-corrected chi connectivity index (χ2v) is 6.84. The van der Waals surface area contributed by atoms with Gasteiger partial charge in [-0.25, -0.2) is 4.39 Å². The smallest absolute Gasteiger partial charge is 0.257 e. The van der Waals surface area contributed by atoms with Crippen LogP contribution in [0.2, 0.25) is 0 Å². The number of hydrogen-bond acceptors (Lipinski definition) is 2. The summed E-state index contributed by atoms with van der Waals surface area (Å²) < 4.78 is 14.7. The van der Waals surface area contributed by atoms with Crippen molar-refractivity contribution in [3.63, 3.8) is 0 Å². The van der Waals surface area contributed by atoms with Crippen LogP contribution in [0.5, 0.6) is 0 Å². The van der Waals surface area contributed by atoms with Crippen molar-refractivity contribution in [3.05, 3.63) is 34.1 Å². The molecule has 114 valence electrons. The van der Waals surface area contributed by atoms with Gasteiger partial charge in [-0.3, -0.25) is 4.79 Å². The lowest BCUT2D eigenvalue weighted by Crippen LogP contribution is -2.42. The lowest BCUT2D eigenvalue weighted by Gasteiger charge is -2.28. The molecule has 5 heteroatoms. The van der Waals surface area contributed by atoms with Crippen molar-refractivity contribution < 1.29 is 9.18 Å². The van der Waals surface area contributed by atoms with E-state index in [4.69, 9.17) is 0 Å². The van der Waals surface area contributed by atoms with Gasteiger partial charge in [-0.05, 0) is 57.0 Å². The van der Waals surface area contributed by atoms with Crippen LogP contribution in [0.4, 0.5) is 4.39 Å². The molecule has 2 aliphatic heterocycles. The number of carbonyl (C=O) groups is 1. The van der Waals surface area contributed by atoms with Crippen molar-refractivity contribution in [3.8, 4) is 0 Å². The number of rotatable bonds is 3. The summed E-state index contributed by atoms with van der Waals surface area (Å²) in [5.41, 5.74) is 0.187. The predicted octanol–water partition coefficient (Wildman–Crippen LogP) is 3.29.